The molecule has 1 aliphatic heterocycles. The molecule has 6 nitrogen and oxygen atoms in total. The van der Waals surface area contributed by atoms with E-state index in [0.717, 1.165) is 10.9 Å². The van der Waals surface area contributed by atoms with Crippen LogP contribution in [0.3, 0.4) is 0 Å². The summed E-state index contributed by atoms with van der Waals surface area (Å²) in [5, 5.41) is 3.83. The monoisotopic (exact) mass is 345 g/mol. The Morgan fingerprint density at radius 2 is 2.12 bits per heavy atom. The molecule has 1 aliphatic carbocycles. The van der Waals surface area contributed by atoms with Crippen molar-refractivity contribution in [2.24, 2.45) is 0 Å². The van der Waals surface area contributed by atoms with Crippen molar-refractivity contribution in [3.8, 4) is 11.5 Å². The van der Waals surface area contributed by atoms with E-state index in [1.165, 1.54) is 30.3 Å². The molecule has 4 rings (SSSR count). The van der Waals surface area contributed by atoms with Crippen LogP contribution in [-0.2, 0) is 4.79 Å². The van der Waals surface area contributed by atoms with Gasteiger partial charge in [-0.1, -0.05) is 11.8 Å². The number of anilines is 1. The van der Waals surface area contributed by atoms with Crippen LogP contribution in [0.4, 0.5) is 5.69 Å². The highest BCUT2D eigenvalue weighted by Gasteiger charge is 2.28. The SMILES string of the molecule is Cc1nc(SCC(=O)Nc2ccc3c(c2)OCO3)n(C2CC2)c1C. The number of amides is 1. The third kappa shape index (κ3) is 2.96. The molecule has 1 saturated carbocycles. The number of thioether (sulfide) groups is 1. The summed E-state index contributed by atoms with van der Waals surface area (Å²) in [7, 11) is 0. The van der Waals surface area contributed by atoms with Gasteiger partial charge in [-0.2, -0.15) is 0 Å². The molecule has 24 heavy (non-hydrogen) atoms. The maximum absolute atomic E-state index is 12.2. The third-order valence-corrected chi connectivity index (χ3v) is 5.21. The molecular weight excluding hydrogens is 326 g/mol. The summed E-state index contributed by atoms with van der Waals surface area (Å²) in [4.78, 5) is 16.8. The zero-order valence-electron chi connectivity index (χ0n) is 13.7. The van der Waals surface area contributed by atoms with Crippen LogP contribution in [0.15, 0.2) is 23.4 Å². The normalized spacial score (nSPS) is 15.6. The largest absolute Gasteiger partial charge is 0.454 e. The third-order valence-electron chi connectivity index (χ3n) is 4.26. The molecule has 1 N–H and O–H groups in total. The predicted octanol–water partition coefficient (Wildman–Crippen LogP) is 3.29. The van der Waals surface area contributed by atoms with Crippen molar-refractivity contribution in [1.82, 2.24) is 9.55 Å². The minimum absolute atomic E-state index is 0.0560. The number of benzene rings is 1. The van der Waals surface area contributed by atoms with E-state index in [0.29, 0.717) is 29.0 Å². The molecule has 0 radical (unpaired) electrons. The highest BCUT2D eigenvalue weighted by atomic mass is 32.2. The first-order chi connectivity index (χ1) is 11.6. The molecule has 1 fully saturated rings. The predicted molar refractivity (Wildman–Crippen MR) is 91.9 cm³/mol. The van der Waals surface area contributed by atoms with Gasteiger partial charge >= 0.3 is 0 Å². The van der Waals surface area contributed by atoms with Gasteiger partial charge in [0.05, 0.1) is 11.4 Å². The van der Waals surface area contributed by atoms with Gasteiger partial charge < -0.3 is 19.4 Å². The first-order valence-corrected chi connectivity index (χ1v) is 8.98. The molecule has 2 aromatic rings. The second-order valence-electron chi connectivity index (χ2n) is 6.07. The Labute approximate surface area is 144 Å². The molecule has 0 saturated heterocycles. The average Bonchev–Trinajstić information content (AvgIpc) is 3.21. The van der Waals surface area contributed by atoms with Crippen LogP contribution in [0.25, 0.3) is 0 Å². The van der Waals surface area contributed by atoms with Gasteiger partial charge in [0.15, 0.2) is 16.7 Å². The Bertz CT molecular complexity index is 799. The topological polar surface area (TPSA) is 65.4 Å². The second-order valence-corrected chi connectivity index (χ2v) is 7.01. The van der Waals surface area contributed by atoms with E-state index in [1.807, 2.05) is 13.0 Å². The summed E-state index contributed by atoms with van der Waals surface area (Å²) in [6, 6.07) is 5.96. The van der Waals surface area contributed by atoms with E-state index in [9.17, 15) is 4.79 Å². The zero-order valence-corrected chi connectivity index (χ0v) is 14.5. The number of aromatic nitrogens is 2. The van der Waals surface area contributed by atoms with Crippen molar-refractivity contribution in [3.63, 3.8) is 0 Å². The van der Waals surface area contributed by atoms with Crippen LogP contribution in [-0.4, -0.2) is 28.0 Å². The van der Waals surface area contributed by atoms with Crippen molar-refractivity contribution in [3.05, 3.63) is 29.6 Å². The number of imidazole rings is 1. The summed E-state index contributed by atoms with van der Waals surface area (Å²) in [5.74, 6) is 1.65. The van der Waals surface area contributed by atoms with E-state index < -0.39 is 0 Å². The Morgan fingerprint density at radius 3 is 2.92 bits per heavy atom. The number of carbonyl (C=O) groups excluding carboxylic acids is 1. The fraction of sp³-hybridized carbons (Fsp3) is 0.412. The number of nitrogens with zero attached hydrogens (tertiary/aromatic N) is 2. The van der Waals surface area contributed by atoms with Crippen LogP contribution >= 0.6 is 11.8 Å². The number of nitrogens with one attached hydrogen (secondary N) is 1. The van der Waals surface area contributed by atoms with Crippen molar-refractivity contribution in [2.45, 2.75) is 37.9 Å². The maximum atomic E-state index is 12.2. The summed E-state index contributed by atoms with van der Waals surface area (Å²) in [6.45, 7) is 4.34. The standard InChI is InChI=1S/C17H19N3O3S/c1-10-11(2)20(13-4-5-13)17(18-10)24-8-16(21)19-12-3-6-14-15(7-12)23-9-22-14/h3,6-7,13H,4-5,8-9H2,1-2H3,(H,19,21). The van der Waals surface area contributed by atoms with Gasteiger partial charge in [-0.15, -0.1) is 0 Å². The average molecular weight is 345 g/mol. The lowest BCUT2D eigenvalue weighted by molar-refractivity contribution is -0.113. The first-order valence-electron chi connectivity index (χ1n) is 7.99. The highest BCUT2D eigenvalue weighted by molar-refractivity contribution is 7.99. The molecule has 0 unspecified atom stereocenters. The molecule has 1 aromatic heterocycles. The number of rotatable bonds is 5. The molecule has 2 aliphatic rings. The lowest BCUT2D eigenvalue weighted by Gasteiger charge is -2.09. The lowest BCUT2D eigenvalue weighted by atomic mass is 10.3. The van der Waals surface area contributed by atoms with Gasteiger partial charge in [0.1, 0.15) is 0 Å². The van der Waals surface area contributed by atoms with Crippen molar-refractivity contribution < 1.29 is 14.3 Å². The van der Waals surface area contributed by atoms with Gasteiger partial charge in [-0.3, -0.25) is 4.79 Å². The quantitative estimate of drug-likeness (QED) is 0.843. The fourth-order valence-corrected chi connectivity index (χ4v) is 3.72. The van der Waals surface area contributed by atoms with Crippen LogP contribution in [0.5, 0.6) is 11.5 Å². The fourth-order valence-electron chi connectivity index (χ4n) is 2.76. The van der Waals surface area contributed by atoms with Gasteiger partial charge in [-0.25, -0.2) is 4.98 Å². The van der Waals surface area contributed by atoms with Crippen LogP contribution in [0.1, 0.15) is 30.3 Å². The van der Waals surface area contributed by atoms with Gasteiger partial charge in [0, 0.05) is 23.5 Å². The summed E-state index contributed by atoms with van der Waals surface area (Å²) in [5.41, 5.74) is 2.96. The number of aryl methyl sites for hydroxylation is 1. The van der Waals surface area contributed by atoms with E-state index in [-0.39, 0.29) is 12.7 Å². The van der Waals surface area contributed by atoms with Crippen LogP contribution in [0, 0.1) is 13.8 Å². The van der Waals surface area contributed by atoms with E-state index in [2.05, 4.69) is 21.8 Å². The minimum Gasteiger partial charge on any atom is -0.454 e. The summed E-state index contributed by atoms with van der Waals surface area (Å²) in [6.07, 6.45) is 2.40. The Morgan fingerprint density at radius 1 is 1.33 bits per heavy atom. The number of ether oxygens (including phenoxy) is 2. The minimum atomic E-state index is -0.0560. The molecule has 126 valence electrons. The molecule has 0 bridgehead atoms. The van der Waals surface area contributed by atoms with Gasteiger partial charge in [-0.05, 0) is 38.8 Å². The number of hydrogen-bond donors (Lipinski definition) is 1. The zero-order chi connectivity index (χ0) is 16.7. The number of fused-ring (bicyclic) bond motifs is 1. The van der Waals surface area contributed by atoms with E-state index in [1.54, 1.807) is 12.1 Å². The summed E-state index contributed by atoms with van der Waals surface area (Å²) < 4.78 is 12.9. The number of hydrogen-bond acceptors (Lipinski definition) is 5. The molecular formula is C17H19N3O3S. The maximum Gasteiger partial charge on any atom is 0.234 e. The molecule has 0 atom stereocenters. The van der Waals surface area contributed by atoms with E-state index in [4.69, 9.17) is 9.47 Å². The van der Waals surface area contributed by atoms with Crippen molar-refractivity contribution in [2.75, 3.05) is 17.9 Å². The molecule has 1 amide bonds. The Balaban J connectivity index is 1.39. The summed E-state index contributed by atoms with van der Waals surface area (Å²) >= 11 is 1.49. The van der Waals surface area contributed by atoms with E-state index >= 15 is 0 Å². The Hall–Kier alpha value is -2.15. The van der Waals surface area contributed by atoms with Crippen LogP contribution < -0.4 is 14.8 Å². The molecule has 7 heteroatoms. The van der Waals surface area contributed by atoms with Crippen molar-refractivity contribution in [1.29, 1.82) is 0 Å². The van der Waals surface area contributed by atoms with Crippen LogP contribution in [0.2, 0.25) is 0 Å². The Kier molecular flexibility index (Phi) is 3.88. The van der Waals surface area contributed by atoms with Gasteiger partial charge in [0.2, 0.25) is 12.7 Å². The second kappa shape index (κ2) is 6.05. The highest BCUT2D eigenvalue weighted by Crippen LogP contribution is 2.40. The molecule has 2 heterocycles. The smallest absolute Gasteiger partial charge is 0.234 e. The lowest BCUT2D eigenvalue weighted by Crippen LogP contribution is -2.14. The van der Waals surface area contributed by atoms with Gasteiger partial charge in [0.25, 0.3) is 0 Å². The molecule has 1 aromatic carbocycles. The van der Waals surface area contributed by atoms with Crippen molar-refractivity contribution >= 4 is 23.4 Å². The molecule has 0 spiro atoms. The first kappa shape index (κ1) is 15.4. The number of carbonyl (C=O) groups is 1.